The van der Waals surface area contributed by atoms with Gasteiger partial charge in [-0.1, -0.05) is 127 Å². The summed E-state index contributed by atoms with van der Waals surface area (Å²) in [5.41, 5.74) is 13.6. The first-order valence-corrected chi connectivity index (χ1v) is 15.3. The highest BCUT2D eigenvalue weighted by molar-refractivity contribution is 6.24. The predicted octanol–water partition coefficient (Wildman–Crippen LogP) is 9.39. The van der Waals surface area contributed by atoms with Gasteiger partial charge in [0.1, 0.15) is 11.3 Å². The highest BCUT2D eigenvalue weighted by Gasteiger charge is 2.51. The van der Waals surface area contributed by atoms with Gasteiger partial charge in [0.05, 0.1) is 5.41 Å². The van der Waals surface area contributed by atoms with E-state index in [4.69, 9.17) is 9.07 Å². The Morgan fingerprint density at radius 1 is 0.511 bits per heavy atom. The first-order valence-electron chi connectivity index (χ1n) is 15.3. The average Bonchev–Trinajstić information content (AvgIpc) is 3.73. The highest BCUT2D eigenvalue weighted by Crippen LogP contribution is 2.63. The maximum absolute atomic E-state index is 9.70. The molecule has 4 heteroatoms. The molecule has 0 amide bonds. The van der Waals surface area contributed by atoms with Gasteiger partial charge in [-0.25, -0.2) is 0 Å². The minimum atomic E-state index is -0.423. The van der Waals surface area contributed by atoms with Crippen molar-refractivity contribution in [3.63, 3.8) is 0 Å². The molecule has 2 aliphatic rings. The lowest BCUT2D eigenvalue weighted by molar-refractivity contribution is 0.451. The third-order valence-corrected chi connectivity index (χ3v) is 9.98. The van der Waals surface area contributed by atoms with Crippen LogP contribution in [-0.4, -0.2) is 12.7 Å². The molecular formula is C41H25BO3. The number of hydrogen-bond acceptors (Lipinski definition) is 3. The third kappa shape index (κ3) is 3.09. The van der Waals surface area contributed by atoms with E-state index in [9.17, 15) is 5.02 Å². The molecule has 7 aromatic carbocycles. The maximum atomic E-state index is 9.70. The van der Waals surface area contributed by atoms with Crippen LogP contribution in [-0.2, 0) is 5.41 Å². The van der Waals surface area contributed by atoms with Crippen molar-refractivity contribution in [2.45, 2.75) is 5.41 Å². The van der Waals surface area contributed by atoms with Gasteiger partial charge < -0.3 is 14.1 Å². The predicted molar refractivity (Wildman–Crippen MR) is 183 cm³/mol. The fraction of sp³-hybridized carbons (Fsp3) is 0.0244. The topological polar surface area (TPSA) is 42.6 Å². The van der Waals surface area contributed by atoms with Crippen LogP contribution in [0.15, 0.2) is 144 Å². The van der Waals surface area contributed by atoms with Crippen LogP contribution >= 0.6 is 0 Å². The minimum Gasteiger partial charge on any atom is -0.536 e. The van der Waals surface area contributed by atoms with E-state index in [1.54, 1.807) is 0 Å². The molecule has 0 fully saturated rings. The molecule has 0 saturated carbocycles. The number of furan rings is 1. The number of para-hydroxylation sites is 1. The first-order chi connectivity index (χ1) is 22.3. The summed E-state index contributed by atoms with van der Waals surface area (Å²) in [6.45, 7) is 0. The molecule has 2 aliphatic carbocycles. The van der Waals surface area contributed by atoms with Crippen LogP contribution in [0.25, 0.3) is 66.1 Å². The number of fused-ring (bicyclic) bond motifs is 15. The van der Waals surface area contributed by atoms with E-state index < -0.39 is 13.1 Å². The fourth-order valence-electron chi connectivity index (χ4n) is 8.28. The van der Waals surface area contributed by atoms with Gasteiger partial charge in [-0.3, -0.25) is 0 Å². The quantitative estimate of drug-likeness (QED) is 0.213. The van der Waals surface area contributed by atoms with Gasteiger partial charge in [0.25, 0.3) is 0 Å². The summed E-state index contributed by atoms with van der Waals surface area (Å²) in [6, 6.07) is 50.1. The van der Waals surface area contributed by atoms with E-state index >= 15 is 0 Å². The van der Waals surface area contributed by atoms with E-state index in [1.165, 1.54) is 44.5 Å². The molecule has 1 aromatic heterocycles. The Morgan fingerprint density at radius 2 is 1.09 bits per heavy atom. The second-order valence-corrected chi connectivity index (χ2v) is 12.0. The van der Waals surface area contributed by atoms with Crippen molar-refractivity contribution < 1.29 is 14.1 Å². The summed E-state index contributed by atoms with van der Waals surface area (Å²) < 4.78 is 12.4. The van der Waals surface area contributed by atoms with Crippen molar-refractivity contribution in [1.29, 1.82) is 0 Å². The lowest BCUT2D eigenvalue weighted by Crippen LogP contribution is -2.25. The highest BCUT2D eigenvalue weighted by atomic mass is 16.5. The molecule has 0 saturated heterocycles. The Balaban J connectivity index is 1.28. The molecule has 0 unspecified atom stereocenters. The molecule has 0 bridgehead atoms. The van der Waals surface area contributed by atoms with E-state index in [0.717, 1.165) is 38.3 Å². The van der Waals surface area contributed by atoms with Crippen LogP contribution in [0.3, 0.4) is 0 Å². The van der Waals surface area contributed by atoms with Crippen LogP contribution < -0.4 is 4.65 Å². The van der Waals surface area contributed by atoms with Gasteiger partial charge in [-0.2, -0.15) is 0 Å². The molecule has 3 nitrogen and oxygen atoms in total. The molecule has 1 heterocycles. The summed E-state index contributed by atoms with van der Waals surface area (Å²) in [6.07, 6.45) is 0. The standard InChI is InChI=1S/C41H25BO3/c43-42-45-37-23-24-10-1-2-11-26(24)38-32-16-9-15-27(39(32)44-40(37)38)25-20-21-31-30-14-5-8-19-35(30)41(36(31)22-25)33-17-6-3-12-28(33)29-13-4-7-18-34(29)41/h1-23,42-43H. The zero-order chi connectivity index (χ0) is 29.7. The third-order valence-electron chi connectivity index (χ3n) is 9.98. The fourth-order valence-corrected chi connectivity index (χ4v) is 8.28. The van der Waals surface area contributed by atoms with Crippen molar-refractivity contribution in [3.8, 4) is 39.1 Å². The molecule has 8 aromatic rings. The van der Waals surface area contributed by atoms with Crippen molar-refractivity contribution >= 4 is 40.4 Å². The van der Waals surface area contributed by atoms with Gasteiger partial charge in [0, 0.05) is 16.3 Å². The molecule has 1 N–H and O–H groups in total. The van der Waals surface area contributed by atoms with E-state index in [0.29, 0.717) is 11.3 Å². The van der Waals surface area contributed by atoms with Crippen molar-refractivity contribution in [3.05, 3.63) is 162 Å². The smallest absolute Gasteiger partial charge is 0.504 e. The van der Waals surface area contributed by atoms with E-state index in [2.05, 4.69) is 121 Å². The van der Waals surface area contributed by atoms with Gasteiger partial charge in [0.2, 0.25) is 0 Å². The normalized spacial score (nSPS) is 13.6. The average molecular weight is 576 g/mol. The maximum Gasteiger partial charge on any atom is 0.504 e. The first kappa shape index (κ1) is 24.8. The zero-order valence-electron chi connectivity index (χ0n) is 24.2. The Hall–Kier alpha value is -5.58. The largest absolute Gasteiger partial charge is 0.536 e. The van der Waals surface area contributed by atoms with Crippen LogP contribution in [0, 0.1) is 0 Å². The Kier molecular flexibility index (Phi) is 4.95. The van der Waals surface area contributed by atoms with E-state index in [-0.39, 0.29) is 0 Å². The second-order valence-electron chi connectivity index (χ2n) is 12.0. The molecule has 210 valence electrons. The lowest BCUT2D eigenvalue weighted by atomic mass is 9.70. The zero-order valence-corrected chi connectivity index (χ0v) is 24.2. The molecule has 0 radical (unpaired) electrons. The second kappa shape index (κ2) is 8.98. The van der Waals surface area contributed by atoms with Crippen LogP contribution in [0.2, 0.25) is 0 Å². The van der Waals surface area contributed by atoms with Crippen molar-refractivity contribution in [1.82, 2.24) is 0 Å². The minimum absolute atomic E-state index is 0.408. The van der Waals surface area contributed by atoms with Gasteiger partial charge >= 0.3 is 7.69 Å². The van der Waals surface area contributed by atoms with Crippen LogP contribution in [0.4, 0.5) is 0 Å². The Bertz CT molecular complexity index is 2460. The molecular weight excluding hydrogens is 551 g/mol. The lowest BCUT2D eigenvalue weighted by Gasteiger charge is -2.30. The SMILES string of the molecule is OBOc1cc2ccccc2c2c1oc1c(-c3ccc4c(c3)C3(c5ccccc5-c5ccccc53)c3ccccc3-4)cccc12. The molecule has 1 spiro atoms. The Morgan fingerprint density at radius 3 is 1.78 bits per heavy atom. The molecule has 0 aliphatic heterocycles. The number of rotatable bonds is 3. The summed E-state index contributed by atoms with van der Waals surface area (Å²) in [5, 5.41) is 13.9. The Labute approximate surface area is 260 Å². The van der Waals surface area contributed by atoms with Gasteiger partial charge in [-0.05, 0) is 73.0 Å². The van der Waals surface area contributed by atoms with Crippen LogP contribution in [0.5, 0.6) is 5.75 Å². The molecule has 45 heavy (non-hydrogen) atoms. The van der Waals surface area contributed by atoms with Crippen molar-refractivity contribution in [2.24, 2.45) is 0 Å². The summed E-state index contributed by atoms with van der Waals surface area (Å²) >= 11 is 0. The van der Waals surface area contributed by atoms with Gasteiger partial charge in [-0.15, -0.1) is 0 Å². The number of benzene rings is 7. The summed E-state index contributed by atoms with van der Waals surface area (Å²) in [5.74, 6) is 0.538. The molecule has 10 rings (SSSR count). The summed E-state index contributed by atoms with van der Waals surface area (Å²) in [7, 11) is -0.423. The molecule has 0 atom stereocenters. The monoisotopic (exact) mass is 576 g/mol. The van der Waals surface area contributed by atoms with Crippen molar-refractivity contribution in [2.75, 3.05) is 0 Å². The summed E-state index contributed by atoms with van der Waals surface area (Å²) in [4.78, 5) is 0. The van der Waals surface area contributed by atoms with E-state index in [1.807, 2.05) is 18.2 Å². The van der Waals surface area contributed by atoms with Crippen LogP contribution in [0.1, 0.15) is 22.3 Å². The van der Waals surface area contributed by atoms with Gasteiger partial charge in [0.15, 0.2) is 5.58 Å². The number of hydrogen-bond donors (Lipinski definition) is 1.